The maximum absolute atomic E-state index is 13.2. The van der Waals surface area contributed by atoms with E-state index >= 15 is 0 Å². The van der Waals surface area contributed by atoms with Gasteiger partial charge in [-0.25, -0.2) is 0 Å². The Morgan fingerprint density at radius 2 is 0.900 bits per heavy atom. The normalized spacial score (nSPS) is 10.7. The summed E-state index contributed by atoms with van der Waals surface area (Å²) in [6.45, 7) is 0. The molecule has 0 nitrogen and oxygen atoms in total. The second kappa shape index (κ2) is 6.04. The minimum absolute atomic E-state index is 0.180. The summed E-state index contributed by atoms with van der Waals surface area (Å²) in [6, 6.07) is 27.9. The van der Waals surface area contributed by atoms with Crippen molar-refractivity contribution in [1.82, 2.24) is 0 Å². The molecular formula is C18H14FSe+. The molecule has 20 heavy (non-hydrogen) atoms. The Balaban J connectivity index is 2.11. The van der Waals surface area contributed by atoms with Gasteiger partial charge in [0, 0.05) is 0 Å². The summed E-state index contributed by atoms with van der Waals surface area (Å²) in [5.74, 6) is -0.180. The van der Waals surface area contributed by atoms with Crippen molar-refractivity contribution in [3.05, 3.63) is 90.7 Å². The van der Waals surface area contributed by atoms with Crippen LogP contribution in [-0.4, -0.2) is 13.9 Å². The molecule has 0 radical (unpaired) electrons. The van der Waals surface area contributed by atoms with Gasteiger partial charge in [-0.3, -0.25) is 0 Å². The van der Waals surface area contributed by atoms with E-state index in [4.69, 9.17) is 0 Å². The van der Waals surface area contributed by atoms with E-state index in [1.165, 1.54) is 13.4 Å². The fourth-order valence-electron chi connectivity index (χ4n) is 2.09. The summed E-state index contributed by atoms with van der Waals surface area (Å²) >= 11 is -1.33. The Morgan fingerprint density at radius 1 is 0.500 bits per heavy atom. The van der Waals surface area contributed by atoms with Gasteiger partial charge in [-0.05, 0) is 0 Å². The van der Waals surface area contributed by atoms with Crippen molar-refractivity contribution >= 4 is 27.3 Å². The second-order valence-corrected chi connectivity index (χ2v) is 8.64. The van der Waals surface area contributed by atoms with Gasteiger partial charge in [-0.1, -0.05) is 0 Å². The topological polar surface area (TPSA) is 0 Å². The molecule has 0 heterocycles. The molecule has 0 fully saturated rings. The number of benzene rings is 3. The molecule has 2 heteroatoms. The van der Waals surface area contributed by atoms with E-state index in [1.54, 1.807) is 12.1 Å². The first kappa shape index (κ1) is 13.1. The number of hydrogen-bond acceptors (Lipinski definition) is 0. The first-order valence-corrected chi connectivity index (χ1v) is 9.01. The zero-order valence-electron chi connectivity index (χ0n) is 10.9. The Morgan fingerprint density at radius 3 is 1.35 bits per heavy atom. The summed E-state index contributed by atoms with van der Waals surface area (Å²) in [5, 5.41) is 0. The fourth-order valence-corrected chi connectivity index (χ4v) is 6.46. The molecule has 0 atom stereocenters. The Kier molecular flexibility index (Phi) is 3.96. The quantitative estimate of drug-likeness (QED) is 0.648. The molecule has 0 N–H and O–H groups in total. The third kappa shape index (κ3) is 2.82. The molecule has 0 aromatic heterocycles. The van der Waals surface area contributed by atoms with Gasteiger partial charge < -0.3 is 0 Å². The van der Waals surface area contributed by atoms with Crippen molar-refractivity contribution in [2.24, 2.45) is 0 Å². The summed E-state index contributed by atoms with van der Waals surface area (Å²) in [4.78, 5) is 0. The van der Waals surface area contributed by atoms with Crippen molar-refractivity contribution in [2.45, 2.75) is 0 Å². The van der Waals surface area contributed by atoms with Crippen molar-refractivity contribution in [3.63, 3.8) is 0 Å². The maximum atomic E-state index is 13.2. The van der Waals surface area contributed by atoms with E-state index in [9.17, 15) is 4.39 Å². The van der Waals surface area contributed by atoms with E-state index in [0.29, 0.717) is 0 Å². The molecule has 0 aliphatic carbocycles. The van der Waals surface area contributed by atoms with Crippen molar-refractivity contribution in [2.75, 3.05) is 0 Å². The van der Waals surface area contributed by atoms with E-state index in [2.05, 4.69) is 48.5 Å². The molecule has 0 saturated heterocycles. The van der Waals surface area contributed by atoms with Gasteiger partial charge in [0.25, 0.3) is 0 Å². The monoisotopic (exact) mass is 329 g/mol. The first-order valence-electron chi connectivity index (χ1n) is 6.44. The van der Waals surface area contributed by atoms with Crippen LogP contribution in [0.4, 0.5) is 4.39 Å². The number of hydrogen-bond donors (Lipinski definition) is 0. The molecule has 0 saturated carbocycles. The molecule has 3 aromatic rings. The molecule has 0 aliphatic rings. The standard InChI is InChI=1S/C18H14FSe/c19-15-11-13-18(14-12-15)20(16-7-3-1-4-8-16)17-9-5-2-6-10-17/h1-14H/q+1. The minimum atomic E-state index is -1.33. The van der Waals surface area contributed by atoms with E-state index in [1.807, 2.05) is 24.3 Å². The van der Waals surface area contributed by atoms with Crippen LogP contribution in [0.2, 0.25) is 0 Å². The predicted molar refractivity (Wildman–Crippen MR) is 83.9 cm³/mol. The molecular weight excluding hydrogens is 314 g/mol. The van der Waals surface area contributed by atoms with Crippen LogP contribution in [0.5, 0.6) is 0 Å². The van der Waals surface area contributed by atoms with Crippen LogP contribution >= 0.6 is 0 Å². The van der Waals surface area contributed by atoms with E-state index < -0.39 is 13.9 Å². The van der Waals surface area contributed by atoms with Crippen molar-refractivity contribution < 1.29 is 4.39 Å². The fraction of sp³-hybridized carbons (Fsp3) is 0. The van der Waals surface area contributed by atoms with Gasteiger partial charge in [-0.15, -0.1) is 0 Å². The predicted octanol–water partition coefficient (Wildman–Crippen LogP) is 2.34. The summed E-state index contributed by atoms with van der Waals surface area (Å²) in [7, 11) is 0. The van der Waals surface area contributed by atoms with Crippen molar-refractivity contribution in [3.8, 4) is 0 Å². The van der Waals surface area contributed by atoms with Gasteiger partial charge in [0.1, 0.15) is 0 Å². The molecule has 98 valence electrons. The van der Waals surface area contributed by atoms with Crippen LogP contribution in [0.25, 0.3) is 0 Å². The third-order valence-electron chi connectivity index (χ3n) is 3.01. The van der Waals surface area contributed by atoms with Gasteiger partial charge in [0.05, 0.1) is 0 Å². The molecule has 0 aliphatic heterocycles. The third-order valence-corrected chi connectivity index (χ3v) is 7.69. The van der Waals surface area contributed by atoms with E-state index in [-0.39, 0.29) is 5.82 Å². The van der Waals surface area contributed by atoms with Gasteiger partial charge in [-0.2, -0.15) is 0 Å². The Hall–Kier alpha value is -1.89. The van der Waals surface area contributed by atoms with Crippen LogP contribution in [0.1, 0.15) is 0 Å². The molecule has 0 spiro atoms. The summed E-state index contributed by atoms with van der Waals surface area (Å²) in [6.07, 6.45) is 0. The van der Waals surface area contributed by atoms with Gasteiger partial charge in [0.2, 0.25) is 0 Å². The number of halogens is 1. The van der Waals surface area contributed by atoms with Crippen LogP contribution in [0, 0.1) is 5.82 Å². The average molecular weight is 328 g/mol. The van der Waals surface area contributed by atoms with Crippen LogP contribution in [-0.2, 0) is 0 Å². The Bertz CT molecular complexity index is 623. The Labute approximate surface area is 122 Å². The van der Waals surface area contributed by atoms with E-state index in [0.717, 1.165) is 0 Å². The molecule has 0 amide bonds. The molecule has 3 rings (SSSR count). The molecule has 0 unspecified atom stereocenters. The molecule has 0 bridgehead atoms. The SMILES string of the molecule is Fc1ccc([Se+](c2ccccc2)c2ccccc2)cc1. The van der Waals surface area contributed by atoms with Gasteiger partial charge >= 0.3 is 122 Å². The zero-order chi connectivity index (χ0) is 13.8. The average Bonchev–Trinajstić information content (AvgIpc) is 2.52. The van der Waals surface area contributed by atoms with Crippen LogP contribution in [0.3, 0.4) is 0 Å². The summed E-state index contributed by atoms with van der Waals surface area (Å²) in [5.41, 5.74) is 0. The summed E-state index contributed by atoms with van der Waals surface area (Å²) < 4.78 is 17.1. The second-order valence-electron chi connectivity index (χ2n) is 4.39. The van der Waals surface area contributed by atoms with Crippen LogP contribution < -0.4 is 13.4 Å². The first-order chi connectivity index (χ1) is 9.84. The van der Waals surface area contributed by atoms with Gasteiger partial charge in [0.15, 0.2) is 0 Å². The van der Waals surface area contributed by atoms with Crippen LogP contribution in [0.15, 0.2) is 84.9 Å². The molecule has 3 aromatic carbocycles. The number of rotatable bonds is 3. The zero-order valence-corrected chi connectivity index (χ0v) is 12.6. The van der Waals surface area contributed by atoms with Crippen molar-refractivity contribution in [1.29, 1.82) is 0 Å².